The molecule has 0 radical (unpaired) electrons. The third-order valence-electron chi connectivity index (χ3n) is 2.54. The molecule has 0 aliphatic carbocycles. The second kappa shape index (κ2) is 6.65. The first kappa shape index (κ1) is 16.4. The van der Waals surface area contributed by atoms with Crippen molar-refractivity contribution in [3.05, 3.63) is 35.1 Å². The standard InChI is InChI=1S/C14H19F2NO3/c1-14(2,3)20-13(19)17-12(8-18)9-5-4-6-11(16)10(9)7-15/h4-6,12,18H,7-8H2,1-3H3,(H,17,19)/t12-/m1/s1. The Morgan fingerprint density at radius 2 is 2.10 bits per heavy atom. The summed E-state index contributed by atoms with van der Waals surface area (Å²) >= 11 is 0. The van der Waals surface area contributed by atoms with Crippen molar-refractivity contribution >= 4 is 6.09 Å². The van der Waals surface area contributed by atoms with Gasteiger partial charge in [-0.2, -0.15) is 0 Å². The number of amides is 1. The highest BCUT2D eigenvalue weighted by Gasteiger charge is 2.22. The molecule has 20 heavy (non-hydrogen) atoms. The first-order valence-corrected chi connectivity index (χ1v) is 6.22. The monoisotopic (exact) mass is 287 g/mol. The van der Waals surface area contributed by atoms with Crippen molar-refractivity contribution in [1.82, 2.24) is 5.32 Å². The Bertz CT molecular complexity index is 472. The van der Waals surface area contributed by atoms with Gasteiger partial charge in [-0.05, 0) is 32.4 Å². The van der Waals surface area contributed by atoms with E-state index in [-0.39, 0.29) is 11.1 Å². The minimum absolute atomic E-state index is 0.178. The fourth-order valence-corrected chi connectivity index (χ4v) is 1.71. The molecule has 1 amide bonds. The molecule has 0 unspecified atom stereocenters. The van der Waals surface area contributed by atoms with Crippen LogP contribution in [-0.2, 0) is 11.4 Å². The van der Waals surface area contributed by atoms with Gasteiger partial charge >= 0.3 is 6.09 Å². The van der Waals surface area contributed by atoms with E-state index in [2.05, 4.69) is 5.32 Å². The van der Waals surface area contributed by atoms with Gasteiger partial charge in [0.25, 0.3) is 0 Å². The Morgan fingerprint density at radius 3 is 2.60 bits per heavy atom. The van der Waals surface area contributed by atoms with E-state index in [0.717, 1.165) is 6.07 Å². The molecule has 1 rings (SSSR count). The third-order valence-corrected chi connectivity index (χ3v) is 2.54. The number of carbonyl (C=O) groups excluding carboxylic acids is 1. The Morgan fingerprint density at radius 1 is 1.45 bits per heavy atom. The second-order valence-corrected chi connectivity index (χ2v) is 5.32. The largest absolute Gasteiger partial charge is 0.444 e. The lowest BCUT2D eigenvalue weighted by Gasteiger charge is -2.24. The van der Waals surface area contributed by atoms with E-state index in [9.17, 15) is 18.7 Å². The van der Waals surface area contributed by atoms with Gasteiger partial charge in [0.2, 0.25) is 0 Å². The SMILES string of the molecule is CC(C)(C)OC(=O)N[C@H](CO)c1cccc(F)c1CF. The maximum Gasteiger partial charge on any atom is 0.408 e. The van der Waals surface area contributed by atoms with E-state index >= 15 is 0 Å². The average Bonchev–Trinajstić information content (AvgIpc) is 2.33. The maximum absolute atomic E-state index is 13.5. The number of hydrogen-bond acceptors (Lipinski definition) is 3. The van der Waals surface area contributed by atoms with Gasteiger partial charge in [0, 0.05) is 5.56 Å². The Balaban J connectivity index is 2.92. The number of halogens is 2. The fourth-order valence-electron chi connectivity index (χ4n) is 1.71. The number of nitrogens with one attached hydrogen (secondary N) is 1. The highest BCUT2D eigenvalue weighted by atomic mass is 19.1. The molecule has 0 fully saturated rings. The number of aliphatic hydroxyl groups excluding tert-OH is 1. The second-order valence-electron chi connectivity index (χ2n) is 5.32. The zero-order valence-corrected chi connectivity index (χ0v) is 11.7. The van der Waals surface area contributed by atoms with Gasteiger partial charge < -0.3 is 15.2 Å². The minimum Gasteiger partial charge on any atom is -0.444 e. The smallest absolute Gasteiger partial charge is 0.408 e. The van der Waals surface area contributed by atoms with Crippen LogP contribution < -0.4 is 5.32 Å². The first-order valence-electron chi connectivity index (χ1n) is 6.22. The number of ether oxygens (including phenoxy) is 1. The molecule has 2 N–H and O–H groups in total. The van der Waals surface area contributed by atoms with Crippen molar-refractivity contribution in [1.29, 1.82) is 0 Å². The van der Waals surface area contributed by atoms with Crippen molar-refractivity contribution in [3.63, 3.8) is 0 Å². The summed E-state index contributed by atoms with van der Waals surface area (Å²) in [5, 5.41) is 11.7. The summed E-state index contributed by atoms with van der Waals surface area (Å²) in [5.74, 6) is -0.713. The van der Waals surface area contributed by atoms with Crippen LogP contribution in [0.5, 0.6) is 0 Å². The highest BCUT2D eigenvalue weighted by Crippen LogP contribution is 2.22. The predicted molar refractivity (Wildman–Crippen MR) is 70.4 cm³/mol. The van der Waals surface area contributed by atoms with Crippen molar-refractivity contribution in [3.8, 4) is 0 Å². The summed E-state index contributed by atoms with van der Waals surface area (Å²) in [6.07, 6.45) is -0.759. The molecule has 0 aromatic heterocycles. The number of alkyl halides is 1. The van der Waals surface area contributed by atoms with Crippen molar-refractivity contribution < 1.29 is 23.4 Å². The maximum atomic E-state index is 13.5. The van der Waals surface area contributed by atoms with Crippen LogP contribution >= 0.6 is 0 Å². The normalized spacial score (nSPS) is 12.9. The number of aliphatic hydroxyl groups is 1. The van der Waals surface area contributed by atoms with E-state index in [1.165, 1.54) is 12.1 Å². The number of rotatable bonds is 4. The lowest BCUT2D eigenvalue weighted by atomic mass is 10.0. The molecule has 0 bridgehead atoms. The molecular formula is C14H19F2NO3. The van der Waals surface area contributed by atoms with Gasteiger partial charge in [-0.15, -0.1) is 0 Å². The quantitative estimate of drug-likeness (QED) is 0.895. The zero-order chi connectivity index (χ0) is 15.3. The zero-order valence-electron chi connectivity index (χ0n) is 11.7. The molecule has 0 aliphatic heterocycles. The molecule has 112 valence electrons. The van der Waals surface area contributed by atoms with E-state index in [1.807, 2.05) is 0 Å². The predicted octanol–water partition coefficient (Wildman–Crippen LogP) is 2.85. The molecule has 6 heteroatoms. The Hall–Kier alpha value is -1.69. The average molecular weight is 287 g/mol. The molecule has 1 aromatic carbocycles. The van der Waals surface area contributed by atoms with Crippen LogP contribution in [0.2, 0.25) is 0 Å². The number of benzene rings is 1. The molecule has 1 aromatic rings. The first-order chi connectivity index (χ1) is 9.28. The van der Waals surface area contributed by atoms with E-state index in [1.54, 1.807) is 20.8 Å². The van der Waals surface area contributed by atoms with Gasteiger partial charge in [0.15, 0.2) is 0 Å². The third kappa shape index (κ3) is 4.45. The van der Waals surface area contributed by atoms with Crippen LogP contribution in [0.1, 0.15) is 37.9 Å². The highest BCUT2D eigenvalue weighted by molar-refractivity contribution is 5.68. The van der Waals surface area contributed by atoms with Crippen LogP contribution in [0.25, 0.3) is 0 Å². The molecule has 0 spiro atoms. The molecule has 0 heterocycles. The Labute approximate surface area is 116 Å². The van der Waals surface area contributed by atoms with Crippen molar-refractivity contribution in [2.24, 2.45) is 0 Å². The van der Waals surface area contributed by atoms with Crippen LogP contribution in [-0.4, -0.2) is 23.4 Å². The summed E-state index contributed by atoms with van der Waals surface area (Å²) in [5.41, 5.74) is -0.682. The molecule has 4 nitrogen and oxygen atoms in total. The van der Waals surface area contributed by atoms with Gasteiger partial charge in [-0.25, -0.2) is 13.6 Å². The van der Waals surface area contributed by atoms with Crippen molar-refractivity contribution in [2.45, 2.75) is 39.1 Å². The van der Waals surface area contributed by atoms with Crippen LogP contribution in [0.4, 0.5) is 13.6 Å². The number of alkyl carbamates (subject to hydrolysis) is 1. The molecule has 0 aliphatic rings. The summed E-state index contributed by atoms with van der Waals surface area (Å²) in [6.45, 7) is 3.56. The van der Waals surface area contributed by atoms with Crippen LogP contribution in [0.15, 0.2) is 18.2 Å². The molecule has 0 saturated carbocycles. The van der Waals surface area contributed by atoms with Gasteiger partial charge in [0.05, 0.1) is 12.6 Å². The van der Waals surface area contributed by atoms with E-state index < -0.39 is 36.8 Å². The van der Waals surface area contributed by atoms with E-state index in [4.69, 9.17) is 4.74 Å². The lowest BCUT2D eigenvalue weighted by molar-refractivity contribution is 0.0481. The number of carbonyl (C=O) groups is 1. The number of hydrogen-bond donors (Lipinski definition) is 2. The topological polar surface area (TPSA) is 58.6 Å². The van der Waals surface area contributed by atoms with E-state index in [0.29, 0.717) is 0 Å². The van der Waals surface area contributed by atoms with Gasteiger partial charge in [0.1, 0.15) is 18.1 Å². The molecule has 0 saturated heterocycles. The minimum atomic E-state index is -1.02. The summed E-state index contributed by atoms with van der Waals surface area (Å²) < 4.78 is 31.4. The molecule has 1 atom stereocenters. The lowest BCUT2D eigenvalue weighted by Crippen LogP contribution is -2.36. The van der Waals surface area contributed by atoms with Crippen LogP contribution in [0, 0.1) is 5.82 Å². The molecular weight excluding hydrogens is 268 g/mol. The fraction of sp³-hybridized carbons (Fsp3) is 0.500. The Kier molecular flexibility index (Phi) is 5.44. The van der Waals surface area contributed by atoms with Gasteiger partial charge in [-0.3, -0.25) is 0 Å². The van der Waals surface area contributed by atoms with Crippen molar-refractivity contribution in [2.75, 3.05) is 6.61 Å². The van der Waals surface area contributed by atoms with Gasteiger partial charge in [-0.1, -0.05) is 12.1 Å². The summed E-state index contributed by atoms with van der Waals surface area (Å²) in [7, 11) is 0. The summed E-state index contributed by atoms with van der Waals surface area (Å²) in [6, 6.07) is 3.05. The summed E-state index contributed by atoms with van der Waals surface area (Å²) in [4.78, 5) is 11.7. The van der Waals surface area contributed by atoms with Crippen LogP contribution in [0.3, 0.4) is 0 Å².